The SMILES string of the molecule is CCC1CC(=O)N(CCCCCC(=O)N[C@H](C(=O)N[C@@H](CCCNC(N)=O)C(=O)Nc2ccc(COC(=O)C(C)C)cc2)C(C)C)C1=O. The lowest BCUT2D eigenvalue weighted by atomic mass is 10.0. The van der Waals surface area contributed by atoms with Crippen LogP contribution in [0.3, 0.4) is 0 Å². The number of amides is 7. The van der Waals surface area contributed by atoms with Crippen molar-refractivity contribution in [2.45, 2.75) is 105 Å². The summed E-state index contributed by atoms with van der Waals surface area (Å²) in [5, 5.41) is 10.8. The van der Waals surface area contributed by atoms with Gasteiger partial charge in [0.1, 0.15) is 18.7 Å². The van der Waals surface area contributed by atoms with Gasteiger partial charge in [0.05, 0.1) is 5.92 Å². The molecule has 1 heterocycles. The highest BCUT2D eigenvalue weighted by atomic mass is 16.5. The number of hydrogen-bond acceptors (Lipinski definition) is 8. The molecule has 7 amide bonds. The molecule has 1 aliphatic rings. The van der Waals surface area contributed by atoms with Crippen molar-refractivity contribution in [2.24, 2.45) is 23.5 Å². The topological polar surface area (TPSA) is 206 Å². The van der Waals surface area contributed by atoms with Gasteiger partial charge < -0.3 is 31.7 Å². The molecule has 1 aromatic rings. The van der Waals surface area contributed by atoms with Gasteiger partial charge in [0.2, 0.25) is 29.5 Å². The molecule has 0 saturated carbocycles. The van der Waals surface area contributed by atoms with E-state index in [0.717, 1.165) is 5.56 Å². The van der Waals surface area contributed by atoms with Gasteiger partial charge in [-0.05, 0) is 55.7 Å². The average Bonchev–Trinajstić information content (AvgIpc) is 3.31. The molecule has 266 valence electrons. The number of carbonyl (C=O) groups excluding carboxylic acids is 7. The van der Waals surface area contributed by atoms with Gasteiger partial charge >= 0.3 is 12.0 Å². The van der Waals surface area contributed by atoms with Crippen molar-refractivity contribution in [1.82, 2.24) is 20.9 Å². The quantitative estimate of drug-likeness (QED) is 0.0789. The number of ether oxygens (including phenoxy) is 1. The second-order valence-electron chi connectivity index (χ2n) is 12.7. The zero-order valence-corrected chi connectivity index (χ0v) is 28.8. The van der Waals surface area contributed by atoms with Crippen LogP contribution in [0.2, 0.25) is 0 Å². The van der Waals surface area contributed by atoms with Gasteiger partial charge in [-0.25, -0.2) is 4.79 Å². The monoisotopic (exact) mass is 672 g/mol. The first-order valence-corrected chi connectivity index (χ1v) is 16.8. The lowest BCUT2D eigenvalue weighted by Gasteiger charge is -2.25. The Morgan fingerprint density at radius 1 is 0.938 bits per heavy atom. The number of nitrogens with one attached hydrogen (secondary N) is 4. The Morgan fingerprint density at radius 2 is 1.62 bits per heavy atom. The number of imide groups is 1. The van der Waals surface area contributed by atoms with E-state index in [9.17, 15) is 33.6 Å². The molecule has 0 bridgehead atoms. The predicted octanol–water partition coefficient (Wildman–Crippen LogP) is 2.74. The van der Waals surface area contributed by atoms with E-state index >= 15 is 0 Å². The van der Waals surface area contributed by atoms with Gasteiger partial charge in [0.25, 0.3) is 0 Å². The Bertz CT molecular complexity index is 1280. The minimum atomic E-state index is -0.986. The summed E-state index contributed by atoms with van der Waals surface area (Å²) >= 11 is 0. The van der Waals surface area contributed by atoms with Crippen molar-refractivity contribution in [1.29, 1.82) is 0 Å². The van der Waals surface area contributed by atoms with Gasteiger partial charge in [-0.15, -0.1) is 0 Å². The number of likely N-dealkylation sites (tertiary alicyclic amines) is 1. The van der Waals surface area contributed by atoms with E-state index in [2.05, 4.69) is 21.3 Å². The predicted molar refractivity (Wildman–Crippen MR) is 179 cm³/mol. The molecule has 0 spiro atoms. The maximum absolute atomic E-state index is 13.4. The Morgan fingerprint density at radius 3 is 2.21 bits per heavy atom. The van der Waals surface area contributed by atoms with Crippen LogP contribution >= 0.6 is 0 Å². The molecule has 3 atom stereocenters. The van der Waals surface area contributed by atoms with Crippen LogP contribution in [0.1, 0.15) is 91.5 Å². The summed E-state index contributed by atoms with van der Waals surface area (Å²) in [6, 6.07) is 4.14. The second-order valence-corrected chi connectivity index (χ2v) is 12.7. The minimum absolute atomic E-state index is 0.0964. The molecule has 14 heteroatoms. The number of urea groups is 1. The Balaban J connectivity index is 1.94. The maximum Gasteiger partial charge on any atom is 0.312 e. The van der Waals surface area contributed by atoms with Crippen LogP contribution in [0.15, 0.2) is 24.3 Å². The molecule has 0 aliphatic carbocycles. The van der Waals surface area contributed by atoms with E-state index in [1.165, 1.54) is 4.90 Å². The largest absolute Gasteiger partial charge is 0.461 e. The number of hydrogen-bond donors (Lipinski definition) is 5. The molecule has 0 aromatic heterocycles. The molecule has 1 fully saturated rings. The normalized spacial score (nSPS) is 15.6. The van der Waals surface area contributed by atoms with E-state index in [1.807, 2.05) is 6.92 Å². The van der Waals surface area contributed by atoms with Gasteiger partial charge in [-0.2, -0.15) is 0 Å². The van der Waals surface area contributed by atoms with E-state index in [-0.39, 0.29) is 73.9 Å². The summed E-state index contributed by atoms with van der Waals surface area (Å²) in [6.07, 6.45) is 3.31. The Kier molecular flexibility index (Phi) is 16.5. The molecule has 14 nitrogen and oxygen atoms in total. The van der Waals surface area contributed by atoms with Crippen molar-refractivity contribution >= 4 is 47.2 Å². The van der Waals surface area contributed by atoms with Crippen molar-refractivity contribution in [3.8, 4) is 0 Å². The molecule has 1 aromatic carbocycles. The van der Waals surface area contributed by atoms with Crippen molar-refractivity contribution in [3.05, 3.63) is 29.8 Å². The molecular weight excluding hydrogens is 620 g/mol. The molecule has 1 aliphatic heterocycles. The average molecular weight is 673 g/mol. The highest BCUT2D eigenvalue weighted by Gasteiger charge is 2.36. The minimum Gasteiger partial charge on any atom is -0.461 e. The number of benzene rings is 1. The van der Waals surface area contributed by atoms with Gasteiger partial charge in [-0.1, -0.05) is 53.2 Å². The Labute approximate surface area is 282 Å². The summed E-state index contributed by atoms with van der Waals surface area (Å²) in [6.45, 7) is 9.57. The summed E-state index contributed by atoms with van der Waals surface area (Å²) in [5.74, 6) is -2.70. The third-order valence-corrected chi connectivity index (χ3v) is 8.06. The second kappa shape index (κ2) is 20.0. The number of anilines is 1. The van der Waals surface area contributed by atoms with E-state index < -0.39 is 29.9 Å². The zero-order valence-electron chi connectivity index (χ0n) is 28.8. The molecule has 0 radical (unpaired) electrons. The molecule has 48 heavy (non-hydrogen) atoms. The maximum atomic E-state index is 13.4. The summed E-state index contributed by atoms with van der Waals surface area (Å²) in [4.78, 5) is 88.0. The highest BCUT2D eigenvalue weighted by molar-refractivity contribution is 6.03. The van der Waals surface area contributed by atoms with Crippen LogP contribution in [0, 0.1) is 17.8 Å². The first kappa shape index (κ1) is 39.7. The van der Waals surface area contributed by atoms with Crippen LogP contribution in [0.4, 0.5) is 10.5 Å². The van der Waals surface area contributed by atoms with Crippen molar-refractivity contribution in [2.75, 3.05) is 18.4 Å². The van der Waals surface area contributed by atoms with Crippen molar-refractivity contribution < 1.29 is 38.3 Å². The number of rotatable bonds is 20. The van der Waals surface area contributed by atoms with Gasteiger partial charge in [-0.3, -0.25) is 33.7 Å². The zero-order chi connectivity index (χ0) is 35.8. The molecule has 6 N–H and O–H groups in total. The summed E-state index contributed by atoms with van der Waals surface area (Å²) in [7, 11) is 0. The fraction of sp³-hybridized carbons (Fsp3) is 0.618. The smallest absolute Gasteiger partial charge is 0.312 e. The summed E-state index contributed by atoms with van der Waals surface area (Å²) < 4.78 is 5.23. The van der Waals surface area contributed by atoms with Crippen LogP contribution in [-0.4, -0.2) is 71.6 Å². The number of carbonyl (C=O) groups is 7. The Hall–Kier alpha value is -4.49. The first-order chi connectivity index (χ1) is 22.7. The van der Waals surface area contributed by atoms with E-state index in [1.54, 1.807) is 52.0 Å². The third kappa shape index (κ3) is 13.3. The number of primary amides is 1. The number of nitrogens with two attached hydrogens (primary N) is 1. The highest BCUT2D eigenvalue weighted by Crippen LogP contribution is 2.23. The molecular formula is C34H52N6O8. The van der Waals surface area contributed by atoms with Crippen LogP contribution in [0.25, 0.3) is 0 Å². The lowest BCUT2D eigenvalue weighted by molar-refractivity contribution is -0.148. The fourth-order valence-corrected chi connectivity index (χ4v) is 5.10. The number of esters is 1. The molecule has 1 saturated heterocycles. The van der Waals surface area contributed by atoms with Gasteiger partial charge in [0, 0.05) is 37.5 Å². The lowest BCUT2D eigenvalue weighted by Crippen LogP contribution is -2.54. The van der Waals surface area contributed by atoms with E-state index in [4.69, 9.17) is 10.5 Å². The fourth-order valence-electron chi connectivity index (χ4n) is 5.10. The molecule has 2 rings (SSSR count). The van der Waals surface area contributed by atoms with Gasteiger partial charge in [0.15, 0.2) is 0 Å². The van der Waals surface area contributed by atoms with Crippen molar-refractivity contribution in [3.63, 3.8) is 0 Å². The van der Waals surface area contributed by atoms with Crippen LogP contribution in [0.5, 0.6) is 0 Å². The first-order valence-electron chi connectivity index (χ1n) is 16.8. The molecule has 1 unspecified atom stereocenters. The van der Waals surface area contributed by atoms with Crippen LogP contribution in [-0.2, 0) is 40.1 Å². The number of unbranched alkanes of at least 4 members (excludes halogenated alkanes) is 2. The summed E-state index contributed by atoms with van der Waals surface area (Å²) in [5.41, 5.74) is 6.34. The van der Waals surface area contributed by atoms with E-state index in [0.29, 0.717) is 44.3 Å². The standard InChI is InChI=1S/C34H52N6O8/c1-6-24-19-28(42)40(32(24)45)18-9-7-8-12-27(41)39-29(21(2)3)31(44)38-26(11-10-17-36-34(35)47)30(43)37-25-15-13-23(14-16-25)20-48-33(46)22(4)5/h13-16,21-22,24,26,29H,6-12,17-20H2,1-5H3,(H,37,43)(H,38,44)(H,39,41)(H3,35,36,47)/t24?,26-,29-/m0/s1. The van der Waals surface area contributed by atoms with Crippen LogP contribution < -0.4 is 27.0 Å². The number of nitrogens with zero attached hydrogens (tertiary/aromatic N) is 1. The third-order valence-electron chi connectivity index (χ3n) is 8.06.